The molecule has 1 aliphatic heterocycles. The molecule has 0 fully saturated rings. The number of amides is 1. The summed E-state index contributed by atoms with van der Waals surface area (Å²) in [4.78, 5) is 13.8. The Morgan fingerprint density at radius 1 is 1.03 bits per heavy atom. The second-order valence-corrected chi connectivity index (χ2v) is 7.69. The third-order valence-electron chi connectivity index (χ3n) is 5.38. The second kappa shape index (κ2) is 7.85. The first kappa shape index (κ1) is 19.3. The van der Waals surface area contributed by atoms with E-state index in [1.807, 2.05) is 61.6 Å². The summed E-state index contributed by atoms with van der Waals surface area (Å²) in [5, 5.41) is 4.94. The molecule has 2 N–H and O–H groups in total. The van der Waals surface area contributed by atoms with E-state index in [4.69, 9.17) is 18.6 Å². The Kier molecular flexibility index (Phi) is 4.88. The molecule has 5 rings (SSSR count). The summed E-state index contributed by atoms with van der Waals surface area (Å²) in [7, 11) is 3.57. The SMILES string of the molecule is COc1cc2c(cc1NC(=O)C[NH+](C)Cc1ccc3c(c1)OCO3)oc1ccccc12. The molecule has 0 saturated carbocycles. The zero-order valence-electron chi connectivity index (χ0n) is 17.4. The van der Waals surface area contributed by atoms with Gasteiger partial charge in [0.25, 0.3) is 5.91 Å². The molecule has 3 aromatic carbocycles. The molecule has 0 saturated heterocycles. The Morgan fingerprint density at radius 3 is 2.74 bits per heavy atom. The van der Waals surface area contributed by atoms with Crippen LogP contribution in [0.25, 0.3) is 21.9 Å². The van der Waals surface area contributed by atoms with Crippen molar-refractivity contribution in [2.24, 2.45) is 0 Å². The molecular formula is C24H23N2O5+. The van der Waals surface area contributed by atoms with Gasteiger partial charge in [-0.1, -0.05) is 18.2 Å². The van der Waals surface area contributed by atoms with E-state index in [-0.39, 0.29) is 12.7 Å². The standard InChI is InChI=1S/C24H22N2O5/c1-26(12-15-7-8-20-23(9-15)30-14-29-20)13-24(27)25-18-11-21-17(10-22(18)28-2)16-5-3-4-6-19(16)31-21/h3-11H,12-14H2,1-2H3,(H,25,27)/p+1. The maximum Gasteiger partial charge on any atom is 0.279 e. The Bertz CT molecular complexity index is 1280. The lowest BCUT2D eigenvalue weighted by molar-refractivity contribution is -0.885. The molecule has 7 nitrogen and oxygen atoms in total. The Balaban J connectivity index is 1.30. The number of para-hydroxylation sites is 1. The quantitative estimate of drug-likeness (QED) is 0.503. The van der Waals surface area contributed by atoms with Gasteiger partial charge in [0.05, 0.1) is 19.8 Å². The van der Waals surface area contributed by atoms with Crippen LogP contribution < -0.4 is 24.4 Å². The molecular weight excluding hydrogens is 396 g/mol. The van der Waals surface area contributed by atoms with Crippen LogP contribution >= 0.6 is 0 Å². The van der Waals surface area contributed by atoms with Crippen LogP contribution in [0, 0.1) is 0 Å². The van der Waals surface area contributed by atoms with Gasteiger partial charge >= 0.3 is 0 Å². The van der Waals surface area contributed by atoms with Gasteiger partial charge in [0.1, 0.15) is 23.5 Å². The second-order valence-electron chi connectivity index (χ2n) is 7.69. The van der Waals surface area contributed by atoms with E-state index in [2.05, 4.69) is 5.32 Å². The summed E-state index contributed by atoms with van der Waals surface area (Å²) in [6.07, 6.45) is 0. The van der Waals surface area contributed by atoms with Crippen molar-refractivity contribution in [1.29, 1.82) is 0 Å². The minimum atomic E-state index is -0.105. The average Bonchev–Trinajstić information content (AvgIpc) is 3.36. The lowest BCUT2D eigenvalue weighted by atomic mass is 10.1. The van der Waals surface area contributed by atoms with Crippen molar-refractivity contribution in [3.63, 3.8) is 0 Å². The number of rotatable bonds is 6. The van der Waals surface area contributed by atoms with Crippen LogP contribution in [-0.2, 0) is 11.3 Å². The Morgan fingerprint density at radius 2 is 1.87 bits per heavy atom. The number of anilines is 1. The van der Waals surface area contributed by atoms with Crippen molar-refractivity contribution in [2.75, 3.05) is 32.8 Å². The molecule has 1 atom stereocenters. The molecule has 158 valence electrons. The highest BCUT2D eigenvalue weighted by Crippen LogP contribution is 2.36. The van der Waals surface area contributed by atoms with E-state index in [1.165, 1.54) is 0 Å². The number of methoxy groups -OCH3 is 1. The minimum absolute atomic E-state index is 0.105. The first-order chi connectivity index (χ1) is 15.1. The number of hydrogen-bond donors (Lipinski definition) is 2. The van der Waals surface area contributed by atoms with E-state index < -0.39 is 0 Å². The first-order valence-electron chi connectivity index (χ1n) is 10.1. The number of hydrogen-bond acceptors (Lipinski definition) is 5. The summed E-state index contributed by atoms with van der Waals surface area (Å²) in [5.41, 5.74) is 3.18. The van der Waals surface area contributed by atoms with Gasteiger partial charge in [0.2, 0.25) is 6.79 Å². The van der Waals surface area contributed by atoms with Crippen molar-refractivity contribution in [3.05, 3.63) is 60.2 Å². The number of ether oxygens (including phenoxy) is 3. The third-order valence-corrected chi connectivity index (χ3v) is 5.38. The van der Waals surface area contributed by atoms with Crippen LogP contribution in [0.4, 0.5) is 5.69 Å². The van der Waals surface area contributed by atoms with E-state index in [0.29, 0.717) is 30.1 Å². The lowest BCUT2D eigenvalue weighted by Crippen LogP contribution is -3.08. The molecule has 1 aliphatic rings. The summed E-state index contributed by atoms with van der Waals surface area (Å²) < 4.78 is 22.2. The number of fused-ring (bicyclic) bond motifs is 4. The maximum atomic E-state index is 12.7. The van der Waals surface area contributed by atoms with Gasteiger partial charge in [-0.05, 0) is 30.3 Å². The van der Waals surface area contributed by atoms with E-state index >= 15 is 0 Å². The van der Waals surface area contributed by atoms with Gasteiger partial charge in [-0.2, -0.15) is 0 Å². The Labute approximate surface area is 179 Å². The zero-order valence-corrected chi connectivity index (χ0v) is 17.4. The molecule has 0 bridgehead atoms. The number of benzene rings is 3. The van der Waals surface area contributed by atoms with Gasteiger partial charge in [-0.15, -0.1) is 0 Å². The molecule has 4 aromatic rings. The van der Waals surface area contributed by atoms with Crippen molar-refractivity contribution >= 4 is 33.5 Å². The number of carbonyl (C=O) groups is 1. The maximum absolute atomic E-state index is 12.7. The first-order valence-corrected chi connectivity index (χ1v) is 10.1. The largest absolute Gasteiger partial charge is 0.495 e. The van der Waals surface area contributed by atoms with Crippen LogP contribution in [0.5, 0.6) is 17.2 Å². The molecule has 0 spiro atoms. The van der Waals surface area contributed by atoms with Gasteiger partial charge in [0, 0.05) is 22.4 Å². The summed E-state index contributed by atoms with van der Waals surface area (Å²) in [6.45, 7) is 1.24. The fourth-order valence-corrected chi connectivity index (χ4v) is 3.95. The van der Waals surface area contributed by atoms with Gasteiger partial charge in [-0.25, -0.2) is 0 Å². The van der Waals surface area contributed by atoms with Crippen LogP contribution in [0.1, 0.15) is 5.56 Å². The van der Waals surface area contributed by atoms with Gasteiger partial charge < -0.3 is 28.8 Å². The molecule has 7 heteroatoms. The van der Waals surface area contributed by atoms with Crippen molar-refractivity contribution in [1.82, 2.24) is 0 Å². The van der Waals surface area contributed by atoms with Crippen LogP contribution in [-0.4, -0.2) is 33.4 Å². The molecule has 0 radical (unpaired) electrons. The number of carbonyl (C=O) groups excluding carboxylic acids is 1. The highest BCUT2D eigenvalue weighted by Gasteiger charge is 2.18. The predicted molar refractivity (Wildman–Crippen MR) is 117 cm³/mol. The molecule has 31 heavy (non-hydrogen) atoms. The van der Waals surface area contributed by atoms with E-state index in [1.54, 1.807) is 7.11 Å². The number of quaternary nitrogens is 1. The highest BCUT2D eigenvalue weighted by atomic mass is 16.7. The van der Waals surface area contributed by atoms with E-state index in [9.17, 15) is 4.79 Å². The predicted octanol–water partition coefficient (Wildman–Crippen LogP) is 2.98. The molecule has 2 heterocycles. The Hall–Kier alpha value is -3.71. The summed E-state index contributed by atoms with van der Waals surface area (Å²) >= 11 is 0. The molecule has 1 amide bonds. The highest BCUT2D eigenvalue weighted by molar-refractivity contribution is 6.07. The molecule has 1 unspecified atom stereocenters. The van der Waals surface area contributed by atoms with Crippen molar-refractivity contribution in [2.45, 2.75) is 6.54 Å². The number of likely N-dealkylation sites (N-methyl/N-ethyl adjacent to an activating group) is 1. The minimum Gasteiger partial charge on any atom is -0.495 e. The van der Waals surface area contributed by atoms with Crippen LogP contribution in [0.3, 0.4) is 0 Å². The average molecular weight is 419 g/mol. The monoisotopic (exact) mass is 419 g/mol. The van der Waals surface area contributed by atoms with E-state index in [0.717, 1.165) is 38.3 Å². The third kappa shape index (κ3) is 3.75. The topological polar surface area (TPSA) is 74.4 Å². The normalized spacial score (nSPS) is 13.5. The van der Waals surface area contributed by atoms with Crippen LogP contribution in [0.2, 0.25) is 0 Å². The fourth-order valence-electron chi connectivity index (χ4n) is 3.95. The number of furan rings is 1. The van der Waals surface area contributed by atoms with Crippen molar-refractivity contribution < 1.29 is 28.3 Å². The van der Waals surface area contributed by atoms with Crippen LogP contribution in [0.15, 0.2) is 59.0 Å². The lowest BCUT2D eigenvalue weighted by Gasteiger charge is -2.15. The smallest absolute Gasteiger partial charge is 0.279 e. The number of nitrogens with one attached hydrogen (secondary N) is 2. The van der Waals surface area contributed by atoms with Gasteiger partial charge in [-0.3, -0.25) is 4.79 Å². The summed E-state index contributed by atoms with van der Waals surface area (Å²) in [5.74, 6) is 2.00. The summed E-state index contributed by atoms with van der Waals surface area (Å²) in [6, 6.07) is 17.4. The molecule has 1 aromatic heterocycles. The van der Waals surface area contributed by atoms with Gasteiger partial charge in [0.15, 0.2) is 18.0 Å². The van der Waals surface area contributed by atoms with Crippen molar-refractivity contribution in [3.8, 4) is 17.2 Å². The fraction of sp³-hybridized carbons (Fsp3) is 0.208. The zero-order chi connectivity index (χ0) is 21.4. The molecule has 0 aliphatic carbocycles.